The van der Waals surface area contributed by atoms with Crippen LogP contribution >= 0.6 is 23.2 Å². The van der Waals surface area contributed by atoms with Crippen LogP contribution in [0.5, 0.6) is 0 Å². The number of carbonyl (C=O) groups excluding carboxylic acids is 1. The van der Waals surface area contributed by atoms with Crippen molar-refractivity contribution in [1.82, 2.24) is 9.62 Å². The van der Waals surface area contributed by atoms with Gasteiger partial charge in [0.15, 0.2) is 0 Å². The van der Waals surface area contributed by atoms with Crippen molar-refractivity contribution in [2.24, 2.45) is 0 Å². The number of benzene rings is 2. The van der Waals surface area contributed by atoms with E-state index in [1.165, 1.54) is 12.1 Å². The summed E-state index contributed by atoms with van der Waals surface area (Å²) in [4.78, 5) is 14.6. The van der Waals surface area contributed by atoms with Gasteiger partial charge in [-0.3, -0.25) is 4.79 Å². The number of rotatable bonds is 7. The molecule has 1 aliphatic rings. The topological polar surface area (TPSA) is 66.5 Å². The molecule has 1 amide bonds. The number of nitrogens with one attached hydrogen (secondary N) is 1. The molecule has 1 fully saturated rings. The summed E-state index contributed by atoms with van der Waals surface area (Å²) < 4.78 is 27.1. The van der Waals surface area contributed by atoms with Gasteiger partial charge in [-0.15, -0.1) is 0 Å². The Kier molecular flexibility index (Phi) is 6.11. The van der Waals surface area contributed by atoms with Crippen molar-refractivity contribution in [3.63, 3.8) is 0 Å². The normalized spacial score (nSPS) is 14.2. The monoisotopic (exact) mass is 426 g/mol. The molecule has 0 heterocycles. The molecule has 0 atom stereocenters. The zero-order chi connectivity index (χ0) is 19.6. The summed E-state index contributed by atoms with van der Waals surface area (Å²) in [7, 11) is -3.52. The molecule has 0 unspecified atom stereocenters. The van der Waals surface area contributed by atoms with Gasteiger partial charge in [-0.25, -0.2) is 13.1 Å². The number of amides is 1. The van der Waals surface area contributed by atoms with E-state index in [2.05, 4.69) is 4.72 Å². The van der Waals surface area contributed by atoms with Gasteiger partial charge < -0.3 is 4.90 Å². The second-order valence-electron chi connectivity index (χ2n) is 6.49. The number of hydrogen-bond donors (Lipinski definition) is 1. The molecule has 0 radical (unpaired) electrons. The average molecular weight is 427 g/mol. The molecule has 0 spiro atoms. The summed E-state index contributed by atoms with van der Waals surface area (Å²) in [6.45, 7) is 2.77. The first-order valence-corrected chi connectivity index (χ1v) is 10.9. The Hall–Kier alpha value is -1.60. The average Bonchev–Trinajstić information content (AvgIpc) is 3.45. The van der Waals surface area contributed by atoms with Gasteiger partial charge in [0.05, 0.1) is 14.9 Å². The van der Waals surface area contributed by atoms with Crippen molar-refractivity contribution in [3.8, 4) is 0 Å². The van der Waals surface area contributed by atoms with Crippen molar-refractivity contribution in [2.75, 3.05) is 6.54 Å². The van der Waals surface area contributed by atoms with Crippen molar-refractivity contribution in [3.05, 3.63) is 63.6 Å². The van der Waals surface area contributed by atoms with E-state index in [0.29, 0.717) is 28.7 Å². The third-order valence-corrected chi connectivity index (χ3v) is 6.61. The Balaban J connectivity index is 1.73. The van der Waals surface area contributed by atoms with Crippen molar-refractivity contribution in [2.45, 2.75) is 37.2 Å². The van der Waals surface area contributed by atoms with Crippen molar-refractivity contribution < 1.29 is 13.2 Å². The molecule has 8 heteroatoms. The molecule has 0 aliphatic heterocycles. The second kappa shape index (κ2) is 8.19. The van der Waals surface area contributed by atoms with Gasteiger partial charge in [0, 0.05) is 24.7 Å². The SMILES string of the molecule is CCN(Cc1ccc(Cl)c(Cl)c1)C(=O)c1ccc(S(=O)(=O)NC2CC2)cc1. The van der Waals surface area contributed by atoms with Gasteiger partial charge in [-0.1, -0.05) is 29.3 Å². The molecule has 1 N–H and O–H groups in total. The highest BCUT2D eigenvalue weighted by atomic mass is 35.5. The molecule has 144 valence electrons. The summed E-state index contributed by atoms with van der Waals surface area (Å²) in [5, 5.41) is 0.904. The Morgan fingerprint density at radius 1 is 1.11 bits per heavy atom. The van der Waals surface area contributed by atoms with Crippen LogP contribution in [0.3, 0.4) is 0 Å². The highest BCUT2D eigenvalue weighted by Crippen LogP contribution is 2.24. The van der Waals surface area contributed by atoms with E-state index in [1.54, 1.807) is 29.2 Å². The standard InChI is InChI=1S/C19H20Cl2N2O3S/c1-2-23(12-13-3-10-17(20)18(21)11-13)19(24)14-4-8-16(9-5-14)27(25,26)22-15-6-7-15/h3-5,8-11,15,22H,2,6-7,12H2,1H3. The predicted molar refractivity (Wildman–Crippen MR) is 107 cm³/mol. The fourth-order valence-corrected chi connectivity index (χ4v) is 4.26. The quantitative estimate of drug-likeness (QED) is 0.724. The maximum absolute atomic E-state index is 12.8. The molecule has 1 saturated carbocycles. The van der Waals surface area contributed by atoms with E-state index < -0.39 is 10.0 Å². The molecule has 2 aromatic rings. The zero-order valence-electron chi connectivity index (χ0n) is 14.8. The summed E-state index contributed by atoms with van der Waals surface area (Å²) >= 11 is 12.0. The van der Waals surface area contributed by atoms with Crippen LogP contribution < -0.4 is 4.72 Å². The molecule has 0 saturated heterocycles. The molecule has 27 heavy (non-hydrogen) atoms. The summed E-state index contributed by atoms with van der Waals surface area (Å²) in [5.41, 5.74) is 1.30. The number of halogens is 2. The molecule has 5 nitrogen and oxygen atoms in total. The molecular weight excluding hydrogens is 407 g/mol. The lowest BCUT2D eigenvalue weighted by Crippen LogP contribution is -2.30. The van der Waals surface area contributed by atoms with Gasteiger partial charge in [0.25, 0.3) is 5.91 Å². The molecule has 3 rings (SSSR count). The first-order valence-electron chi connectivity index (χ1n) is 8.65. The largest absolute Gasteiger partial charge is 0.335 e. The Morgan fingerprint density at radius 2 is 1.78 bits per heavy atom. The minimum absolute atomic E-state index is 0.0399. The first kappa shape index (κ1) is 20.1. The number of carbonyl (C=O) groups is 1. The second-order valence-corrected chi connectivity index (χ2v) is 9.02. The van der Waals surface area contributed by atoms with Crippen molar-refractivity contribution >= 4 is 39.1 Å². The van der Waals surface area contributed by atoms with Crippen LogP contribution in [-0.2, 0) is 16.6 Å². The number of sulfonamides is 1. The Bertz CT molecular complexity index is 942. The maximum atomic E-state index is 12.8. The highest BCUT2D eigenvalue weighted by molar-refractivity contribution is 7.89. The van der Waals surface area contributed by atoms with E-state index in [-0.39, 0.29) is 16.8 Å². The fourth-order valence-electron chi connectivity index (χ4n) is 2.63. The molecule has 0 bridgehead atoms. The van der Waals surface area contributed by atoms with Crippen LogP contribution in [0, 0.1) is 0 Å². The van der Waals surface area contributed by atoms with E-state index in [0.717, 1.165) is 18.4 Å². The molecule has 2 aromatic carbocycles. The van der Waals surface area contributed by atoms with Crippen LogP contribution in [0.15, 0.2) is 47.4 Å². The molecular formula is C19H20Cl2N2O3S. The maximum Gasteiger partial charge on any atom is 0.254 e. The van der Waals surface area contributed by atoms with E-state index in [1.807, 2.05) is 13.0 Å². The summed E-state index contributed by atoms with van der Waals surface area (Å²) in [6.07, 6.45) is 1.74. The van der Waals surface area contributed by atoms with Gasteiger partial charge >= 0.3 is 0 Å². The van der Waals surface area contributed by atoms with Gasteiger partial charge in [0.1, 0.15) is 0 Å². The van der Waals surface area contributed by atoms with Crippen LogP contribution in [0.1, 0.15) is 35.7 Å². The highest BCUT2D eigenvalue weighted by Gasteiger charge is 2.28. The van der Waals surface area contributed by atoms with Crippen LogP contribution in [0.2, 0.25) is 10.0 Å². The Labute approximate surface area is 169 Å². The minimum Gasteiger partial charge on any atom is -0.335 e. The van der Waals surface area contributed by atoms with Crippen LogP contribution in [0.25, 0.3) is 0 Å². The van der Waals surface area contributed by atoms with Crippen LogP contribution in [0.4, 0.5) is 0 Å². The number of nitrogens with zero attached hydrogens (tertiary/aromatic N) is 1. The lowest BCUT2D eigenvalue weighted by molar-refractivity contribution is 0.0752. The van der Waals surface area contributed by atoms with Crippen LogP contribution in [-0.4, -0.2) is 31.8 Å². The third-order valence-electron chi connectivity index (χ3n) is 4.34. The van der Waals surface area contributed by atoms with Crippen molar-refractivity contribution in [1.29, 1.82) is 0 Å². The van der Waals surface area contributed by atoms with E-state index >= 15 is 0 Å². The third kappa shape index (κ3) is 5.02. The summed E-state index contributed by atoms with van der Waals surface area (Å²) in [5.74, 6) is -0.178. The predicted octanol–water partition coefficient (Wildman–Crippen LogP) is 4.10. The molecule has 1 aliphatic carbocycles. The van der Waals surface area contributed by atoms with Gasteiger partial charge in [-0.2, -0.15) is 0 Å². The zero-order valence-corrected chi connectivity index (χ0v) is 17.1. The van der Waals surface area contributed by atoms with E-state index in [9.17, 15) is 13.2 Å². The van der Waals surface area contributed by atoms with Gasteiger partial charge in [-0.05, 0) is 61.7 Å². The molecule has 0 aromatic heterocycles. The Morgan fingerprint density at radius 3 is 2.33 bits per heavy atom. The smallest absolute Gasteiger partial charge is 0.254 e. The lowest BCUT2D eigenvalue weighted by Gasteiger charge is -2.21. The lowest BCUT2D eigenvalue weighted by atomic mass is 10.1. The fraction of sp³-hybridized carbons (Fsp3) is 0.316. The summed E-state index contributed by atoms with van der Waals surface area (Å²) in [6, 6.07) is 11.3. The number of hydrogen-bond acceptors (Lipinski definition) is 3. The first-order chi connectivity index (χ1) is 12.8. The van der Waals surface area contributed by atoms with Gasteiger partial charge in [0.2, 0.25) is 10.0 Å². The van der Waals surface area contributed by atoms with E-state index in [4.69, 9.17) is 23.2 Å². The minimum atomic E-state index is -3.52.